The van der Waals surface area contributed by atoms with E-state index in [-0.39, 0.29) is 0 Å². The van der Waals surface area contributed by atoms with E-state index in [1.54, 1.807) is 12.4 Å². The van der Waals surface area contributed by atoms with Gasteiger partial charge in [0, 0.05) is 37.5 Å². The van der Waals surface area contributed by atoms with Crippen LogP contribution in [0.2, 0.25) is 0 Å². The van der Waals surface area contributed by atoms with E-state index in [0.717, 1.165) is 46.4 Å². The van der Waals surface area contributed by atoms with Crippen molar-refractivity contribution in [2.24, 2.45) is 4.99 Å². The summed E-state index contributed by atoms with van der Waals surface area (Å²) >= 11 is 3.57. The van der Waals surface area contributed by atoms with Crippen LogP contribution in [-0.2, 0) is 9.59 Å². The third kappa shape index (κ3) is 5.64. The second-order valence-electron chi connectivity index (χ2n) is 4.92. The summed E-state index contributed by atoms with van der Waals surface area (Å²) in [5.41, 5.74) is 2.76. The number of aliphatic carboxylic acids is 2. The summed E-state index contributed by atoms with van der Waals surface area (Å²) in [5, 5.41) is 19.0. The van der Waals surface area contributed by atoms with Crippen LogP contribution in [0.4, 0.5) is 5.69 Å². The van der Waals surface area contributed by atoms with E-state index >= 15 is 0 Å². The molecule has 1 aliphatic heterocycles. The molecule has 0 spiro atoms. The Labute approximate surface area is 151 Å². The molecular weight excluding hydrogens is 392 g/mol. The first-order chi connectivity index (χ1) is 12.0. The Morgan fingerprint density at radius 2 is 1.80 bits per heavy atom. The number of hydrogen-bond acceptors (Lipinski definition) is 6. The van der Waals surface area contributed by atoms with Gasteiger partial charge in [-0.3, -0.25) is 15.0 Å². The molecule has 3 rings (SSSR count). The number of aliphatic imine (C=N–C) groups is 1. The van der Waals surface area contributed by atoms with Crippen molar-refractivity contribution >= 4 is 50.4 Å². The summed E-state index contributed by atoms with van der Waals surface area (Å²) in [6, 6.07) is 3.97. The highest BCUT2D eigenvalue weighted by molar-refractivity contribution is 9.10. The van der Waals surface area contributed by atoms with Crippen LogP contribution in [-0.4, -0.2) is 44.5 Å². The van der Waals surface area contributed by atoms with Crippen LogP contribution in [0.15, 0.2) is 46.1 Å². The van der Waals surface area contributed by atoms with E-state index < -0.39 is 11.9 Å². The van der Waals surface area contributed by atoms with E-state index in [4.69, 9.17) is 10.2 Å². The van der Waals surface area contributed by atoms with Gasteiger partial charge in [-0.05, 0) is 34.5 Å². The van der Waals surface area contributed by atoms with Crippen LogP contribution >= 0.6 is 15.9 Å². The molecule has 0 atom stereocenters. The fourth-order valence-corrected chi connectivity index (χ4v) is 2.58. The number of benzene rings is 1. The molecule has 130 valence electrons. The molecule has 0 amide bonds. The molecule has 0 bridgehead atoms. The zero-order chi connectivity index (χ0) is 18.2. The number of fused-ring (bicyclic) bond motifs is 1. The molecule has 1 aliphatic rings. The SMILES string of the molecule is Brc1c(NC2=NCCC2)ccc2nccnc12.O=C(O)/C=C/C(=O)O. The predicted molar refractivity (Wildman–Crippen MR) is 96.8 cm³/mol. The minimum absolute atomic E-state index is 0.558. The number of anilines is 1. The number of nitrogens with one attached hydrogen (secondary N) is 1. The van der Waals surface area contributed by atoms with Gasteiger partial charge in [0.2, 0.25) is 0 Å². The molecule has 2 aromatic rings. The molecule has 0 unspecified atom stereocenters. The molecule has 8 nitrogen and oxygen atoms in total. The summed E-state index contributed by atoms with van der Waals surface area (Å²) in [5.74, 6) is -1.46. The summed E-state index contributed by atoms with van der Waals surface area (Å²) in [6.07, 6.45) is 6.66. The molecule has 0 saturated carbocycles. The number of aromatic nitrogens is 2. The van der Waals surface area contributed by atoms with Crippen LogP contribution in [0.5, 0.6) is 0 Å². The number of hydrogen-bond donors (Lipinski definition) is 3. The fourth-order valence-electron chi connectivity index (χ4n) is 2.04. The van der Waals surface area contributed by atoms with Gasteiger partial charge in [-0.2, -0.15) is 0 Å². The standard InChI is InChI=1S/C12H11BrN4.C4H4O4/c13-11-8(17-10-2-1-5-15-10)3-4-9-12(11)16-7-6-14-9;5-3(6)1-2-4(7)8/h3-4,6-7H,1-2,5H2,(H,15,17);1-2H,(H,5,6)(H,7,8)/b;2-1+. The number of nitrogens with zero attached hydrogens (tertiary/aromatic N) is 3. The van der Waals surface area contributed by atoms with Crippen LogP contribution < -0.4 is 5.32 Å². The van der Waals surface area contributed by atoms with Gasteiger partial charge in [0.25, 0.3) is 0 Å². The summed E-state index contributed by atoms with van der Waals surface area (Å²) in [4.78, 5) is 32.1. The number of halogens is 1. The Hall–Kier alpha value is -2.81. The Morgan fingerprint density at radius 3 is 2.40 bits per heavy atom. The second-order valence-corrected chi connectivity index (χ2v) is 5.71. The van der Waals surface area contributed by atoms with E-state index in [1.165, 1.54) is 0 Å². The molecule has 9 heteroatoms. The van der Waals surface area contributed by atoms with Crippen LogP contribution in [0.1, 0.15) is 12.8 Å². The Morgan fingerprint density at radius 1 is 1.12 bits per heavy atom. The molecule has 1 aromatic carbocycles. The average molecular weight is 407 g/mol. The third-order valence-electron chi connectivity index (χ3n) is 3.10. The van der Waals surface area contributed by atoms with Gasteiger partial charge in [-0.1, -0.05) is 0 Å². The third-order valence-corrected chi connectivity index (χ3v) is 3.90. The maximum Gasteiger partial charge on any atom is 0.328 e. The molecule has 0 radical (unpaired) electrons. The van der Waals surface area contributed by atoms with Crippen molar-refractivity contribution < 1.29 is 19.8 Å². The summed E-state index contributed by atoms with van der Waals surface area (Å²) in [7, 11) is 0. The van der Waals surface area contributed by atoms with Crippen molar-refractivity contribution in [3.63, 3.8) is 0 Å². The lowest BCUT2D eigenvalue weighted by Gasteiger charge is -2.09. The van der Waals surface area contributed by atoms with Crippen molar-refractivity contribution in [2.75, 3.05) is 11.9 Å². The largest absolute Gasteiger partial charge is 0.478 e. The van der Waals surface area contributed by atoms with Crippen LogP contribution in [0.25, 0.3) is 11.0 Å². The topological polar surface area (TPSA) is 125 Å². The van der Waals surface area contributed by atoms with Crippen molar-refractivity contribution in [3.8, 4) is 0 Å². The maximum atomic E-state index is 9.55. The smallest absolute Gasteiger partial charge is 0.328 e. The highest BCUT2D eigenvalue weighted by atomic mass is 79.9. The van der Waals surface area contributed by atoms with E-state index in [0.29, 0.717) is 12.2 Å². The Bertz CT molecular complexity index is 835. The first-order valence-electron chi connectivity index (χ1n) is 7.31. The molecule has 1 aromatic heterocycles. The zero-order valence-corrected chi connectivity index (χ0v) is 14.6. The molecule has 0 aliphatic carbocycles. The van der Waals surface area contributed by atoms with Gasteiger partial charge in [-0.25, -0.2) is 9.59 Å². The minimum Gasteiger partial charge on any atom is -0.478 e. The van der Waals surface area contributed by atoms with Crippen LogP contribution in [0.3, 0.4) is 0 Å². The lowest BCUT2D eigenvalue weighted by Crippen LogP contribution is -2.08. The van der Waals surface area contributed by atoms with Crippen LogP contribution in [0, 0.1) is 0 Å². The minimum atomic E-state index is -1.26. The quantitative estimate of drug-likeness (QED) is 0.668. The van der Waals surface area contributed by atoms with Gasteiger partial charge in [0.1, 0.15) is 11.4 Å². The number of rotatable bonds is 3. The molecular formula is C16H15BrN4O4. The van der Waals surface area contributed by atoms with Crippen molar-refractivity contribution in [3.05, 3.63) is 41.2 Å². The first-order valence-corrected chi connectivity index (χ1v) is 8.10. The molecule has 25 heavy (non-hydrogen) atoms. The van der Waals surface area contributed by atoms with Gasteiger partial charge in [0.15, 0.2) is 0 Å². The van der Waals surface area contributed by atoms with Crippen molar-refractivity contribution in [1.82, 2.24) is 9.97 Å². The predicted octanol–water partition coefficient (Wildman–Crippen LogP) is 2.71. The first kappa shape index (κ1) is 18.5. The average Bonchev–Trinajstić information content (AvgIpc) is 3.09. The zero-order valence-electron chi connectivity index (χ0n) is 13.0. The summed E-state index contributed by atoms with van der Waals surface area (Å²) in [6.45, 7) is 0.924. The van der Waals surface area contributed by atoms with E-state index in [9.17, 15) is 9.59 Å². The highest BCUT2D eigenvalue weighted by Crippen LogP contribution is 2.29. The lowest BCUT2D eigenvalue weighted by molar-refractivity contribution is -0.134. The molecule has 2 heterocycles. The number of carboxylic acids is 2. The highest BCUT2D eigenvalue weighted by Gasteiger charge is 2.11. The van der Waals surface area contributed by atoms with E-state index in [2.05, 4.69) is 36.2 Å². The lowest BCUT2D eigenvalue weighted by atomic mass is 10.2. The number of carbonyl (C=O) groups is 2. The van der Waals surface area contributed by atoms with E-state index in [1.807, 2.05) is 12.1 Å². The van der Waals surface area contributed by atoms with Crippen molar-refractivity contribution in [1.29, 1.82) is 0 Å². The molecule has 0 saturated heterocycles. The van der Waals surface area contributed by atoms with Gasteiger partial charge >= 0.3 is 11.9 Å². The van der Waals surface area contributed by atoms with Crippen molar-refractivity contribution in [2.45, 2.75) is 12.8 Å². The van der Waals surface area contributed by atoms with Gasteiger partial charge < -0.3 is 15.5 Å². The van der Waals surface area contributed by atoms with Gasteiger partial charge in [-0.15, -0.1) is 0 Å². The Kier molecular flexibility index (Phi) is 6.58. The summed E-state index contributed by atoms with van der Waals surface area (Å²) < 4.78 is 0.942. The maximum absolute atomic E-state index is 9.55. The Balaban J connectivity index is 0.000000242. The second kappa shape index (κ2) is 8.88. The number of carboxylic acid groups (broad SMARTS) is 2. The molecule has 0 fully saturated rings. The monoisotopic (exact) mass is 406 g/mol. The normalized spacial score (nSPS) is 13.2. The molecule has 3 N–H and O–H groups in total. The number of amidine groups is 1. The fraction of sp³-hybridized carbons (Fsp3) is 0.188. The van der Waals surface area contributed by atoms with Gasteiger partial charge in [0.05, 0.1) is 15.7 Å².